The molecular weight excluding hydrogens is 476 g/mol. The Morgan fingerprint density at radius 3 is 2.56 bits per heavy atom. The van der Waals surface area contributed by atoms with Gasteiger partial charge in [0.2, 0.25) is 0 Å². The molecule has 7 rings (SSSR count). The molecule has 186 valence electrons. The molecule has 2 amide bonds. The van der Waals surface area contributed by atoms with Crippen LogP contribution in [-0.4, -0.2) is 58.9 Å². The van der Waals surface area contributed by atoms with Crippen LogP contribution in [0.2, 0.25) is 0 Å². The van der Waals surface area contributed by atoms with E-state index >= 15 is 0 Å². The number of aryl methyl sites for hydroxylation is 2. The molecule has 0 atom stereocenters. The van der Waals surface area contributed by atoms with Crippen molar-refractivity contribution in [1.82, 2.24) is 34.3 Å². The van der Waals surface area contributed by atoms with Gasteiger partial charge in [0.1, 0.15) is 21.7 Å². The zero-order valence-electron chi connectivity index (χ0n) is 20.3. The van der Waals surface area contributed by atoms with Crippen LogP contribution in [0, 0.1) is 0 Å². The number of nitrogens with zero attached hydrogens (tertiary/aromatic N) is 6. The van der Waals surface area contributed by atoms with Gasteiger partial charge in [0.25, 0.3) is 11.8 Å². The van der Waals surface area contributed by atoms with Crippen LogP contribution in [-0.2, 0) is 13.6 Å². The van der Waals surface area contributed by atoms with E-state index in [-0.39, 0.29) is 11.8 Å². The molecule has 36 heavy (non-hydrogen) atoms. The van der Waals surface area contributed by atoms with E-state index in [9.17, 15) is 9.59 Å². The summed E-state index contributed by atoms with van der Waals surface area (Å²) in [5, 5.41) is 7.79. The molecule has 2 N–H and O–H groups in total. The molecule has 0 radical (unpaired) electrons. The molecule has 4 heterocycles. The van der Waals surface area contributed by atoms with Crippen LogP contribution in [0.3, 0.4) is 0 Å². The van der Waals surface area contributed by atoms with Crippen molar-refractivity contribution >= 4 is 56.2 Å². The van der Waals surface area contributed by atoms with Crippen LogP contribution in [0.1, 0.15) is 65.6 Å². The maximum absolute atomic E-state index is 13.7. The molecule has 3 fully saturated rings. The fourth-order valence-electron chi connectivity index (χ4n) is 4.99. The van der Waals surface area contributed by atoms with Crippen LogP contribution >= 0.6 is 11.3 Å². The van der Waals surface area contributed by atoms with Gasteiger partial charge in [-0.25, -0.2) is 15.0 Å². The third-order valence-electron chi connectivity index (χ3n) is 7.22. The molecule has 0 spiro atoms. The van der Waals surface area contributed by atoms with E-state index in [1.165, 1.54) is 11.3 Å². The Morgan fingerprint density at radius 1 is 1.14 bits per heavy atom. The van der Waals surface area contributed by atoms with E-state index < -0.39 is 0 Å². The minimum Gasteiger partial charge on any atom is -0.349 e. The lowest BCUT2D eigenvalue weighted by molar-refractivity contribution is 0.0719. The Bertz CT molecular complexity index is 1510. The molecule has 3 saturated carbocycles. The van der Waals surface area contributed by atoms with Gasteiger partial charge in [-0.3, -0.25) is 9.59 Å². The largest absolute Gasteiger partial charge is 0.349 e. The molecule has 4 aromatic heterocycles. The van der Waals surface area contributed by atoms with E-state index in [4.69, 9.17) is 4.98 Å². The molecule has 0 unspecified atom stereocenters. The van der Waals surface area contributed by atoms with Gasteiger partial charge in [-0.2, -0.15) is 0 Å². The van der Waals surface area contributed by atoms with Crippen LogP contribution in [0.15, 0.2) is 18.6 Å². The molecule has 4 aromatic rings. The monoisotopic (exact) mass is 504 g/mol. The van der Waals surface area contributed by atoms with Gasteiger partial charge < -0.3 is 24.7 Å². The number of carbonyl (C=O) groups is 2. The average Bonchev–Trinajstić information content (AvgIpc) is 3.82. The fourth-order valence-corrected chi connectivity index (χ4v) is 5.71. The Morgan fingerprint density at radius 2 is 1.89 bits per heavy atom. The predicted molar refractivity (Wildman–Crippen MR) is 138 cm³/mol. The molecule has 0 saturated heterocycles. The second-order valence-electron chi connectivity index (χ2n) is 10.1. The number of amides is 2. The van der Waals surface area contributed by atoms with Crippen molar-refractivity contribution in [3.05, 3.63) is 29.2 Å². The summed E-state index contributed by atoms with van der Waals surface area (Å²) in [6.45, 7) is 2.68. The molecule has 0 aromatic carbocycles. The summed E-state index contributed by atoms with van der Waals surface area (Å²) in [5.74, 6) is 0.582. The van der Waals surface area contributed by atoms with Crippen LogP contribution in [0.4, 0.5) is 10.9 Å². The number of hydrogen-bond donors (Lipinski definition) is 2. The van der Waals surface area contributed by atoms with Gasteiger partial charge in [-0.05, 0) is 51.5 Å². The lowest BCUT2D eigenvalue weighted by atomic mass is 10.2. The Labute approximate surface area is 211 Å². The Hall–Kier alpha value is -3.47. The first kappa shape index (κ1) is 21.8. The first-order valence-corrected chi connectivity index (χ1v) is 13.5. The average molecular weight is 505 g/mol. The smallest absolute Gasteiger partial charge is 0.271 e. The van der Waals surface area contributed by atoms with Crippen molar-refractivity contribution in [3.8, 4) is 0 Å². The normalized spacial score (nSPS) is 17.6. The molecule has 3 aliphatic rings. The number of rotatable bonds is 8. The van der Waals surface area contributed by atoms with Crippen molar-refractivity contribution < 1.29 is 9.59 Å². The molecule has 3 aliphatic carbocycles. The fraction of sp³-hybridized carbons (Fsp3) is 0.480. The number of anilines is 2. The van der Waals surface area contributed by atoms with Gasteiger partial charge in [0.15, 0.2) is 10.9 Å². The highest BCUT2D eigenvalue weighted by atomic mass is 32.1. The highest BCUT2D eigenvalue weighted by Gasteiger charge is 2.43. The number of pyridine rings is 1. The number of carbonyl (C=O) groups excluding carboxylic acids is 2. The molecule has 10 nitrogen and oxygen atoms in total. The van der Waals surface area contributed by atoms with Crippen molar-refractivity contribution in [2.45, 2.75) is 70.1 Å². The van der Waals surface area contributed by atoms with Gasteiger partial charge >= 0.3 is 0 Å². The van der Waals surface area contributed by atoms with Crippen molar-refractivity contribution in [2.24, 2.45) is 7.05 Å². The lowest BCUT2D eigenvalue weighted by Gasteiger charge is -2.22. The van der Waals surface area contributed by atoms with E-state index in [0.717, 1.165) is 55.1 Å². The Balaban J connectivity index is 1.29. The first-order valence-electron chi connectivity index (χ1n) is 12.7. The van der Waals surface area contributed by atoms with Crippen LogP contribution in [0.5, 0.6) is 0 Å². The summed E-state index contributed by atoms with van der Waals surface area (Å²) in [5.41, 5.74) is 3.05. The van der Waals surface area contributed by atoms with Crippen molar-refractivity contribution in [3.63, 3.8) is 0 Å². The predicted octanol–water partition coefficient (Wildman–Crippen LogP) is 3.80. The second-order valence-corrected chi connectivity index (χ2v) is 11.1. The summed E-state index contributed by atoms with van der Waals surface area (Å²) in [6, 6.07) is 3.05. The maximum atomic E-state index is 13.7. The number of fused-ring (bicyclic) bond motifs is 3. The third-order valence-corrected chi connectivity index (χ3v) is 8.13. The van der Waals surface area contributed by atoms with Gasteiger partial charge in [0, 0.05) is 37.1 Å². The van der Waals surface area contributed by atoms with Gasteiger partial charge in [-0.1, -0.05) is 11.3 Å². The number of imidazole rings is 1. The minimum absolute atomic E-state index is 0.0895. The summed E-state index contributed by atoms with van der Waals surface area (Å²) in [7, 11) is 1.95. The third kappa shape index (κ3) is 3.64. The lowest BCUT2D eigenvalue weighted by Crippen LogP contribution is -2.36. The standard InChI is InChI=1S/C25H28N8O2S/c1-3-32-17(24(35)33(14-6-7-14)15-8-9-15)10-16-20-19(27-12-31(20)2)21(29-22(16)32)30-25-26-11-18(36-25)23(34)28-13-4-5-13/h10-15H,3-9H2,1-2H3,(H,28,34)(H,26,29,30). The van der Waals surface area contributed by atoms with E-state index in [0.29, 0.717) is 51.7 Å². The summed E-state index contributed by atoms with van der Waals surface area (Å²) in [4.78, 5) is 42.8. The zero-order chi connectivity index (χ0) is 24.6. The van der Waals surface area contributed by atoms with Crippen molar-refractivity contribution in [1.29, 1.82) is 0 Å². The number of aromatic nitrogens is 5. The number of nitrogens with one attached hydrogen (secondary N) is 2. The van der Waals surface area contributed by atoms with E-state index in [2.05, 4.69) is 25.5 Å². The van der Waals surface area contributed by atoms with E-state index in [1.807, 2.05) is 29.2 Å². The molecule has 0 bridgehead atoms. The summed E-state index contributed by atoms with van der Waals surface area (Å²) < 4.78 is 3.98. The summed E-state index contributed by atoms with van der Waals surface area (Å²) >= 11 is 1.29. The van der Waals surface area contributed by atoms with Crippen LogP contribution in [0.25, 0.3) is 22.1 Å². The molecule has 0 aliphatic heterocycles. The van der Waals surface area contributed by atoms with Gasteiger partial charge in [-0.15, -0.1) is 0 Å². The quantitative estimate of drug-likeness (QED) is 0.378. The molecule has 11 heteroatoms. The highest BCUT2D eigenvalue weighted by Crippen LogP contribution is 2.40. The zero-order valence-corrected chi connectivity index (χ0v) is 21.1. The maximum Gasteiger partial charge on any atom is 0.271 e. The SMILES string of the molecule is CCn1c(C(=O)N(C2CC2)C2CC2)cc2c3c(ncn3C)c(Nc3ncc(C(=O)NC4CC4)s3)nc21. The van der Waals surface area contributed by atoms with E-state index in [1.54, 1.807) is 12.5 Å². The second kappa shape index (κ2) is 8.02. The minimum atomic E-state index is -0.0895. The summed E-state index contributed by atoms with van der Waals surface area (Å²) in [6.07, 6.45) is 9.83. The van der Waals surface area contributed by atoms with Gasteiger partial charge in [0.05, 0.1) is 18.0 Å². The number of thiazole rings is 1. The Kier molecular flexibility index (Phi) is 4.85. The number of hydrogen-bond acceptors (Lipinski definition) is 7. The van der Waals surface area contributed by atoms with Crippen LogP contribution < -0.4 is 10.6 Å². The first-order chi connectivity index (χ1) is 17.5. The highest BCUT2D eigenvalue weighted by molar-refractivity contribution is 7.17. The van der Waals surface area contributed by atoms with Crippen molar-refractivity contribution in [2.75, 3.05) is 5.32 Å². The topological polar surface area (TPSA) is 110 Å². The molecular formula is C25H28N8O2S.